The Morgan fingerprint density at radius 2 is 2.05 bits per heavy atom. The molecule has 0 saturated heterocycles. The van der Waals surface area contributed by atoms with Gasteiger partial charge in [0, 0.05) is 11.2 Å². The number of benzene rings is 1. The van der Waals surface area contributed by atoms with Crippen LogP contribution >= 0.6 is 11.6 Å². The number of nitrogens with zero attached hydrogens (tertiary/aromatic N) is 2. The third-order valence-electron chi connectivity index (χ3n) is 3.34. The molecule has 1 unspecified atom stereocenters. The zero-order valence-corrected chi connectivity index (χ0v) is 13.4. The average molecular weight is 322 g/mol. The van der Waals surface area contributed by atoms with Gasteiger partial charge in [0.1, 0.15) is 0 Å². The Labute approximate surface area is 134 Å². The predicted molar refractivity (Wildman–Crippen MR) is 86.9 cm³/mol. The fourth-order valence-corrected chi connectivity index (χ4v) is 2.06. The van der Waals surface area contributed by atoms with Crippen molar-refractivity contribution in [3.63, 3.8) is 0 Å². The van der Waals surface area contributed by atoms with Gasteiger partial charge in [0.2, 0.25) is 5.91 Å². The minimum absolute atomic E-state index is 0.0541. The molecule has 0 spiro atoms. The van der Waals surface area contributed by atoms with Crippen LogP contribution in [0.2, 0.25) is 5.02 Å². The second-order valence-corrected chi connectivity index (χ2v) is 6.05. The van der Waals surface area contributed by atoms with Crippen molar-refractivity contribution in [1.29, 1.82) is 0 Å². The highest BCUT2D eigenvalue weighted by Gasteiger charge is 2.14. The molecule has 2 rings (SSSR count). The molecule has 0 aliphatic rings. The SMILES string of the molecule is CC(C)C(O)CC(=O)Nc1cnn(Cc2ccc(Cl)cc2)c1. The van der Waals surface area contributed by atoms with Crippen LogP contribution in [0.5, 0.6) is 0 Å². The molecule has 1 aromatic carbocycles. The van der Waals surface area contributed by atoms with E-state index in [1.165, 1.54) is 0 Å². The smallest absolute Gasteiger partial charge is 0.227 e. The molecule has 118 valence electrons. The van der Waals surface area contributed by atoms with E-state index in [1.54, 1.807) is 17.1 Å². The van der Waals surface area contributed by atoms with Crippen LogP contribution < -0.4 is 5.32 Å². The second kappa shape index (κ2) is 7.42. The third kappa shape index (κ3) is 4.86. The van der Waals surface area contributed by atoms with Crippen molar-refractivity contribution in [2.24, 2.45) is 5.92 Å². The van der Waals surface area contributed by atoms with Crippen LogP contribution in [0.25, 0.3) is 0 Å². The van der Waals surface area contributed by atoms with Crippen molar-refractivity contribution < 1.29 is 9.90 Å². The minimum atomic E-state index is -0.635. The molecule has 2 N–H and O–H groups in total. The molecule has 0 fully saturated rings. The average Bonchev–Trinajstić information content (AvgIpc) is 2.88. The molecule has 1 amide bonds. The molecule has 0 saturated carbocycles. The number of hydrogen-bond donors (Lipinski definition) is 2. The van der Waals surface area contributed by atoms with E-state index in [2.05, 4.69) is 10.4 Å². The molecule has 0 aliphatic heterocycles. The van der Waals surface area contributed by atoms with Gasteiger partial charge in [-0.2, -0.15) is 5.10 Å². The number of halogens is 1. The molecule has 1 heterocycles. The van der Waals surface area contributed by atoms with E-state index in [-0.39, 0.29) is 18.2 Å². The van der Waals surface area contributed by atoms with E-state index < -0.39 is 6.10 Å². The van der Waals surface area contributed by atoms with E-state index >= 15 is 0 Å². The Balaban J connectivity index is 1.91. The number of carbonyl (C=O) groups is 1. The van der Waals surface area contributed by atoms with Crippen molar-refractivity contribution in [3.8, 4) is 0 Å². The zero-order valence-electron chi connectivity index (χ0n) is 12.7. The summed E-state index contributed by atoms with van der Waals surface area (Å²) < 4.78 is 1.73. The molecule has 0 radical (unpaired) electrons. The Morgan fingerprint density at radius 3 is 2.68 bits per heavy atom. The lowest BCUT2D eigenvalue weighted by Gasteiger charge is -2.13. The van der Waals surface area contributed by atoms with Gasteiger partial charge in [-0.05, 0) is 23.6 Å². The summed E-state index contributed by atoms with van der Waals surface area (Å²) in [4.78, 5) is 11.8. The number of anilines is 1. The standard InChI is InChI=1S/C16H20ClN3O2/c1-11(2)15(21)7-16(22)19-14-8-18-20(10-14)9-12-3-5-13(17)6-4-12/h3-6,8,10-11,15,21H,7,9H2,1-2H3,(H,19,22). The van der Waals surface area contributed by atoms with Crippen LogP contribution in [0.4, 0.5) is 5.69 Å². The predicted octanol–water partition coefficient (Wildman–Crippen LogP) is 2.93. The Bertz CT molecular complexity index is 623. The lowest BCUT2D eigenvalue weighted by molar-refractivity contribution is -0.118. The maximum absolute atomic E-state index is 11.8. The van der Waals surface area contributed by atoms with Gasteiger partial charge in [-0.25, -0.2) is 0 Å². The highest BCUT2D eigenvalue weighted by atomic mass is 35.5. The number of hydrogen-bond acceptors (Lipinski definition) is 3. The summed E-state index contributed by atoms with van der Waals surface area (Å²) in [7, 11) is 0. The lowest BCUT2D eigenvalue weighted by Crippen LogP contribution is -2.23. The number of aliphatic hydroxyl groups is 1. The molecule has 5 nitrogen and oxygen atoms in total. The molecule has 22 heavy (non-hydrogen) atoms. The summed E-state index contributed by atoms with van der Waals surface area (Å²) in [6.45, 7) is 4.35. The zero-order chi connectivity index (χ0) is 16.1. The van der Waals surface area contributed by atoms with Crippen molar-refractivity contribution >= 4 is 23.2 Å². The molecule has 1 aromatic heterocycles. The molecular formula is C16H20ClN3O2. The fraction of sp³-hybridized carbons (Fsp3) is 0.375. The Morgan fingerprint density at radius 1 is 1.36 bits per heavy atom. The summed E-state index contributed by atoms with van der Waals surface area (Å²) in [6, 6.07) is 7.52. The summed E-state index contributed by atoms with van der Waals surface area (Å²) >= 11 is 5.85. The monoisotopic (exact) mass is 321 g/mol. The van der Waals surface area contributed by atoms with Crippen LogP contribution in [-0.4, -0.2) is 26.9 Å². The van der Waals surface area contributed by atoms with E-state index in [1.807, 2.05) is 38.1 Å². The number of aliphatic hydroxyl groups excluding tert-OH is 1. The molecule has 0 aliphatic carbocycles. The van der Waals surface area contributed by atoms with Crippen molar-refractivity contribution in [2.45, 2.75) is 32.9 Å². The van der Waals surface area contributed by atoms with Crippen molar-refractivity contribution in [2.75, 3.05) is 5.32 Å². The molecule has 1 atom stereocenters. The molecule has 6 heteroatoms. The summed E-state index contributed by atoms with van der Waals surface area (Å²) in [6.07, 6.45) is 2.80. The number of nitrogens with one attached hydrogen (secondary N) is 1. The number of aromatic nitrogens is 2. The number of carbonyl (C=O) groups excluding carboxylic acids is 1. The van der Waals surface area contributed by atoms with E-state index in [4.69, 9.17) is 11.6 Å². The Hall–Kier alpha value is -1.85. The highest BCUT2D eigenvalue weighted by Crippen LogP contribution is 2.13. The number of amides is 1. The number of rotatable bonds is 6. The van der Waals surface area contributed by atoms with Crippen molar-refractivity contribution in [3.05, 3.63) is 47.2 Å². The summed E-state index contributed by atoms with van der Waals surface area (Å²) in [5.41, 5.74) is 1.69. The first-order valence-electron chi connectivity index (χ1n) is 7.19. The maximum Gasteiger partial charge on any atom is 0.227 e. The van der Waals surface area contributed by atoms with Crippen LogP contribution in [-0.2, 0) is 11.3 Å². The van der Waals surface area contributed by atoms with Crippen LogP contribution in [0.3, 0.4) is 0 Å². The van der Waals surface area contributed by atoms with Gasteiger partial charge < -0.3 is 10.4 Å². The van der Waals surface area contributed by atoms with Gasteiger partial charge in [0.15, 0.2) is 0 Å². The van der Waals surface area contributed by atoms with Gasteiger partial charge >= 0.3 is 0 Å². The van der Waals surface area contributed by atoms with Crippen LogP contribution in [0.1, 0.15) is 25.8 Å². The molecule has 2 aromatic rings. The summed E-state index contributed by atoms with van der Waals surface area (Å²) in [5, 5.41) is 17.3. The van der Waals surface area contributed by atoms with Gasteiger partial charge in [-0.15, -0.1) is 0 Å². The maximum atomic E-state index is 11.8. The first-order valence-corrected chi connectivity index (χ1v) is 7.56. The quantitative estimate of drug-likeness (QED) is 0.859. The van der Waals surface area contributed by atoms with E-state index in [0.717, 1.165) is 5.56 Å². The summed E-state index contributed by atoms with van der Waals surface area (Å²) in [5.74, 6) is -0.161. The first kappa shape index (κ1) is 16.5. The lowest BCUT2D eigenvalue weighted by atomic mass is 10.0. The first-order chi connectivity index (χ1) is 10.4. The fourth-order valence-electron chi connectivity index (χ4n) is 1.93. The molecular weight excluding hydrogens is 302 g/mol. The van der Waals surface area contributed by atoms with Crippen LogP contribution in [0.15, 0.2) is 36.7 Å². The topological polar surface area (TPSA) is 67.2 Å². The van der Waals surface area contributed by atoms with Gasteiger partial charge in [-0.3, -0.25) is 9.48 Å². The normalized spacial score (nSPS) is 12.4. The molecule has 0 bridgehead atoms. The third-order valence-corrected chi connectivity index (χ3v) is 3.59. The largest absolute Gasteiger partial charge is 0.392 e. The van der Waals surface area contributed by atoms with Crippen LogP contribution in [0, 0.1) is 5.92 Å². The van der Waals surface area contributed by atoms with E-state index in [0.29, 0.717) is 17.3 Å². The highest BCUT2D eigenvalue weighted by molar-refractivity contribution is 6.30. The van der Waals surface area contributed by atoms with Gasteiger partial charge in [0.25, 0.3) is 0 Å². The van der Waals surface area contributed by atoms with Crippen molar-refractivity contribution in [1.82, 2.24) is 9.78 Å². The van der Waals surface area contributed by atoms with Gasteiger partial charge in [-0.1, -0.05) is 37.6 Å². The Kier molecular flexibility index (Phi) is 5.57. The minimum Gasteiger partial charge on any atom is -0.392 e. The van der Waals surface area contributed by atoms with Gasteiger partial charge in [0.05, 0.1) is 31.0 Å². The second-order valence-electron chi connectivity index (χ2n) is 5.62. The van der Waals surface area contributed by atoms with E-state index in [9.17, 15) is 9.90 Å².